The fourth-order valence-electron chi connectivity index (χ4n) is 3.62. The zero-order valence-corrected chi connectivity index (χ0v) is 16.7. The lowest BCUT2D eigenvalue weighted by atomic mass is 9.89. The van der Waals surface area contributed by atoms with E-state index in [4.69, 9.17) is 13.9 Å². The van der Waals surface area contributed by atoms with Crippen molar-refractivity contribution in [1.82, 2.24) is 5.32 Å². The fraction of sp³-hybridized carbons (Fsp3) is 0.304. The molecule has 1 aromatic heterocycles. The summed E-state index contributed by atoms with van der Waals surface area (Å²) in [6, 6.07) is 14.3. The Balaban J connectivity index is 1.55. The fourth-order valence-corrected chi connectivity index (χ4v) is 3.62. The van der Waals surface area contributed by atoms with Gasteiger partial charge in [0.15, 0.2) is 16.9 Å². The molecule has 0 saturated carbocycles. The van der Waals surface area contributed by atoms with Crippen LogP contribution < -0.4 is 10.1 Å². The lowest BCUT2D eigenvalue weighted by molar-refractivity contribution is -0.140. The molecule has 2 heterocycles. The van der Waals surface area contributed by atoms with Gasteiger partial charge in [0, 0.05) is 11.8 Å². The smallest absolute Gasteiger partial charge is 0.339 e. The van der Waals surface area contributed by atoms with Gasteiger partial charge in [-0.25, -0.2) is 4.79 Å². The quantitative estimate of drug-likeness (QED) is 0.658. The number of amides is 1. The van der Waals surface area contributed by atoms with Gasteiger partial charge in [-0.2, -0.15) is 0 Å². The number of carbonyl (C=O) groups is 2. The van der Waals surface area contributed by atoms with Crippen molar-refractivity contribution in [1.29, 1.82) is 0 Å². The molecule has 0 aliphatic carbocycles. The highest BCUT2D eigenvalue weighted by atomic mass is 16.6. The maximum atomic E-state index is 13.0. The zero-order chi connectivity index (χ0) is 20.6. The summed E-state index contributed by atoms with van der Waals surface area (Å²) in [5.41, 5.74) is 0.683. The van der Waals surface area contributed by atoms with Gasteiger partial charge in [0.05, 0.1) is 18.2 Å². The predicted molar refractivity (Wildman–Crippen MR) is 108 cm³/mol. The molecule has 3 aromatic rings. The van der Waals surface area contributed by atoms with Crippen molar-refractivity contribution in [2.45, 2.75) is 38.8 Å². The lowest BCUT2D eigenvalue weighted by Crippen LogP contribution is -2.52. The van der Waals surface area contributed by atoms with Crippen LogP contribution in [0.15, 0.2) is 52.9 Å². The Morgan fingerprint density at radius 2 is 2.03 bits per heavy atom. The highest BCUT2D eigenvalue weighted by molar-refractivity contribution is 5.97. The van der Waals surface area contributed by atoms with E-state index < -0.39 is 17.6 Å². The molecule has 0 fully saturated rings. The zero-order valence-electron chi connectivity index (χ0n) is 16.7. The summed E-state index contributed by atoms with van der Waals surface area (Å²) in [6.07, 6.45) is 0.322. The number of nitrogens with one attached hydrogen (secondary N) is 1. The van der Waals surface area contributed by atoms with E-state index in [0.717, 1.165) is 10.9 Å². The van der Waals surface area contributed by atoms with Crippen molar-refractivity contribution in [3.05, 3.63) is 65.4 Å². The van der Waals surface area contributed by atoms with E-state index in [0.29, 0.717) is 35.7 Å². The number of hydrogen-bond donors (Lipinski definition) is 1. The molecule has 1 amide bonds. The monoisotopic (exact) mass is 393 g/mol. The lowest BCUT2D eigenvalue weighted by Gasteiger charge is -2.33. The Bertz CT molecular complexity index is 1090. The average molecular weight is 393 g/mol. The van der Waals surface area contributed by atoms with E-state index in [9.17, 15) is 9.59 Å². The van der Waals surface area contributed by atoms with E-state index >= 15 is 0 Å². The van der Waals surface area contributed by atoms with Gasteiger partial charge in [0.25, 0.3) is 5.91 Å². The first-order valence-electron chi connectivity index (χ1n) is 9.69. The number of rotatable bonds is 5. The van der Waals surface area contributed by atoms with Crippen LogP contribution in [-0.4, -0.2) is 24.1 Å². The summed E-state index contributed by atoms with van der Waals surface area (Å²) < 4.78 is 17.1. The molecule has 2 aromatic carbocycles. The van der Waals surface area contributed by atoms with Gasteiger partial charge in [-0.3, -0.25) is 4.79 Å². The van der Waals surface area contributed by atoms with Crippen molar-refractivity contribution in [3.8, 4) is 5.75 Å². The van der Waals surface area contributed by atoms with Crippen LogP contribution in [0.3, 0.4) is 0 Å². The summed E-state index contributed by atoms with van der Waals surface area (Å²) >= 11 is 0. The minimum absolute atomic E-state index is 0.322. The van der Waals surface area contributed by atoms with Gasteiger partial charge in [-0.15, -0.1) is 0 Å². The minimum Gasteiger partial charge on any atom is -0.490 e. The van der Waals surface area contributed by atoms with Crippen LogP contribution in [0.2, 0.25) is 0 Å². The topological polar surface area (TPSA) is 77.8 Å². The van der Waals surface area contributed by atoms with E-state index in [1.54, 1.807) is 19.1 Å². The second-order valence-electron chi connectivity index (χ2n) is 7.41. The van der Waals surface area contributed by atoms with E-state index in [2.05, 4.69) is 5.32 Å². The van der Waals surface area contributed by atoms with Gasteiger partial charge in [-0.05, 0) is 44.5 Å². The van der Waals surface area contributed by atoms with E-state index in [1.165, 1.54) is 0 Å². The summed E-state index contributed by atoms with van der Waals surface area (Å²) in [5.74, 6) is 0.423. The largest absolute Gasteiger partial charge is 0.490 e. The molecule has 0 radical (unpaired) electrons. The van der Waals surface area contributed by atoms with Crippen LogP contribution in [0.4, 0.5) is 0 Å². The number of para-hydroxylation sites is 1. The number of cyclic esters (lactones) is 1. The third-order valence-electron chi connectivity index (χ3n) is 5.16. The standard InChI is InChI=1S/C23H23NO5/c1-4-27-18-11-7-9-15-12-19(28-20(15)18)14(2)24-22(26)23(3)13-16-8-5-6-10-17(16)21(25)29-23/h5-12,14H,4,13H2,1-3H3,(H,24,26). The number of furan rings is 1. The number of carbonyl (C=O) groups excluding carboxylic acids is 2. The molecule has 4 rings (SSSR count). The number of ether oxygens (including phenoxy) is 2. The molecule has 1 N–H and O–H groups in total. The summed E-state index contributed by atoms with van der Waals surface area (Å²) in [4.78, 5) is 25.3. The Morgan fingerprint density at radius 1 is 1.24 bits per heavy atom. The molecule has 29 heavy (non-hydrogen) atoms. The molecule has 1 aliphatic rings. The SMILES string of the molecule is CCOc1cccc2cc(C(C)NC(=O)C3(C)Cc4ccccc4C(=O)O3)oc12. The van der Waals surface area contributed by atoms with Crippen LogP contribution >= 0.6 is 0 Å². The van der Waals surface area contributed by atoms with Crippen LogP contribution in [-0.2, 0) is 16.0 Å². The van der Waals surface area contributed by atoms with Crippen molar-refractivity contribution in [2.75, 3.05) is 6.61 Å². The van der Waals surface area contributed by atoms with Crippen LogP contribution in [0, 0.1) is 0 Å². The first-order valence-corrected chi connectivity index (χ1v) is 9.69. The third kappa shape index (κ3) is 3.46. The maximum absolute atomic E-state index is 13.0. The Morgan fingerprint density at radius 3 is 2.83 bits per heavy atom. The Hall–Kier alpha value is -3.28. The second-order valence-corrected chi connectivity index (χ2v) is 7.41. The highest BCUT2D eigenvalue weighted by Gasteiger charge is 2.43. The first-order chi connectivity index (χ1) is 13.9. The molecule has 0 spiro atoms. The summed E-state index contributed by atoms with van der Waals surface area (Å²) in [7, 11) is 0. The molecule has 0 bridgehead atoms. The molecule has 2 unspecified atom stereocenters. The van der Waals surface area contributed by atoms with Gasteiger partial charge in [0.2, 0.25) is 0 Å². The Kier molecular flexibility index (Phi) is 4.78. The number of benzene rings is 2. The van der Waals surface area contributed by atoms with Gasteiger partial charge in [0.1, 0.15) is 5.76 Å². The van der Waals surface area contributed by atoms with Crippen molar-refractivity contribution in [3.63, 3.8) is 0 Å². The molecule has 150 valence electrons. The first kappa shape index (κ1) is 19.1. The minimum atomic E-state index is -1.28. The molecule has 1 aliphatic heterocycles. The average Bonchev–Trinajstić information content (AvgIpc) is 3.13. The molecular weight excluding hydrogens is 370 g/mol. The number of hydrogen-bond acceptors (Lipinski definition) is 5. The van der Waals surface area contributed by atoms with Gasteiger partial charge < -0.3 is 19.2 Å². The molecule has 6 heteroatoms. The highest BCUT2D eigenvalue weighted by Crippen LogP contribution is 2.32. The van der Waals surface area contributed by atoms with Crippen LogP contribution in [0.5, 0.6) is 5.75 Å². The summed E-state index contributed by atoms with van der Waals surface area (Å²) in [5, 5.41) is 3.82. The molecule has 0 saturated heterocycles. The number of fused-ring (bicyclic) bond motifs is 2. The van der Waals surface area contributed by atoms with Crippen molar-refractivity contribution in [2.24, 2.45) is 0 Å². The molecule has 2 atom stereocenters. The van der Waals surface area contributed by atoms with Crippen molar-refractivity contribution < 1.29 is 23.5 Å². The van der Waals surface area contributed by atoms with Crippen molar-refractivity contribution >= 4 is 22.8 Å². The normalized spacial score (nSPS) is 19.3. The van der Waals surface area contributed by atoms with E-state index in [-0.39, 0.29) is 5.91 Å². The molecule has 6 nitrogen and oxygen atoms in total. The molecular formula is C23H23NO5. The van der Waals surface area contributed by atoms with Crippen LogP contribution in [0.1, 0.15) is 48.5 Å². The van der Waals surface area contributed by atoms with Gasteiger partial charge >= 0.3 is 5.97 Å². The predicted octanol–water partition coefficient (Wildman–Crippen LogP) is 4.18. The van der Waals surface area contributed by atoms with Crippen LogP contribution in [0.25, 0.3) is 11.0 Å². The maximum Gasteiger partial charge on any atom is 0.339 e. The van der Waals surface area contributed by atoms with E-state index in [1.807, 2.05) is 50.2 Å². The summed E-state index contributed by atoms with van der Waals surface area (Å²) in [6.45, 7) is 5.91. The third-order valence-corrected chi connectivity index (χ3v) is 5.16. The Labute approximate surface area is 168 Å². The second kappa shape index (κ2) is 7.28. The van der Waals surface area contributed by atoms with Gasteiger partial charge in [-0.1, -0.05) is 30.3 Å². The number of esters is 1.